The minimum absolute atomic E-state index is 0.0648. The van der Waals surface area contributed by atoms with Crippen LogP contribution in [0.2, 0.25) is 0 Å². The molecule has 0 aromatic heterocycles. The first-order chi connectivity index (χ1) is 14.0. The van der Waals surface area contributed by atoms with Gasteiger partial charge in [-0.15, -0.1) is 16.5 Å². The third-order valence-corrected chi connectivity index (χ3v) is 7.51. The van der Waals surface area contributed by atoms with Gasteiger partial charge in [0.1, 0.15) is 0 Å². The van der Waals surface area contributed by atoms with Crippen LogP contribution in [0.3, 0.4) is 0 Å². The van der Waals surface area contributed by atoms with Gasteiger partial charge in [0.05, 0.1) is 28.3 Å². The van der Waals surface area contributed by atoms with Crippen molar-refractivity contribution < 1.29 is 14.1 Å². The molecule has 1 fully saturated rings. The number of fused-ring (bicyclic) bond motifs is 1. The largest absolute Gasteiger partial charge is 0.593 e. The number of thioether (sulfide) groups is 1. The van der Waals surface area contributed by atoms with E-state index in [1.165, 1.54) is 24.6 Å². The molecular formula is C21H23N3O3S2. The molecular weight excluding hydrogens is 406 g/mol. The molecule has 2 aromatic rings. The molecule has 0 radical (unpaired) electrons. The second kappa shape index (κ2) is 8.79. The minimum atomic E-state index is -1.30. The molecule has 1 unspecified atom stereocenters. The summed E-state index contributed by atoms with van der Waals surface area (Å²) in [7, 11) is 0. The van der Waals surface area contributed by atoms with Crippen LogP contribution in [-0.4, -0.2) is 27.7 Å². The highest BCUT2D eigenvalue weighted by molar-refractivity contribution is 8.01. The Kier molecular flexibility index (Phi) is 6.15. The summed E-state index contributed by atoms with van der Waals surface area (Å²) in [6, 6.07) is 12.6. The number of hydrogen-bond donors (Lipinski definition) is 3. The minimum Gasteiger partial charge on any atom is -0.593 e. The van der Waals surface area contributed by atoms with Crippen LogP contribution in [0.1, 0.15) is 43.0 Å². The normalized spacial score (nSPS) is 20.1. The predicted octanol–water partition coefficient (Wildman–Crippen LogP) is 3.93. The highest BCUT2D eigenvalue weighted by Crippen LogP contribution is 2.36. The van der Waals surface area contributed by atoms with Crippen molar-refractivity contribution in [1.29, 1.82) is 0 Å². The van der Waals surface area contributed by atoms with Gasteiger partial charge in [-0.3, -0.25) is 9.59 Å². The van der Waals surface area contributed by atoms with Crippen LogP contribution < -0.4 is 15.4 Å². The molecule has 0 bridgehead atoms. The van der Waals surface area contributed by atoms with Crippen molar-refractivity contribution in [1.82, 2.24) is 4.72 Å². The van der Waals surface area contributed by atoms with E-state index in [-0.39, 0.29) is 17.1 Å². The number of carbonyl (C=O) groups excluding carboxylic acids is 2. The van der Waals surface area contributed by atoms with Gasteiger partial charge in [0.25, 0.3) is 5.91 Å². The van der Waals surface area contributed by atoms with Crippen molar-refractivity contribution in [2.75, 3.05) is 10.6 Å². The molecule has 6 nitrogen and oxygen atoms in total. The number of amides is 2. The van der Waals surface area contributed by atoms with E-state index >= 15 is 0 Å². The average molecular weight is 430 g/mol. The van der Waals surface area contributed by atoms with Crippen molar-refractivity contribution in [3.8, 4) is 0 Å². The molecule has 0 spiro atoms. The summed E-state index contributed by atoms with van der Waals surface area (Å²) in [5, 5.41) is 5.54. The van der Waals surface area contributed by atoms with E-state index in [1.54, 1.807) is 36.4 Å². The molecule has 152 valence electrons. The topological polar surface area (TPSA) is 93.3 Å². The second-order valence-corrected chi connectivity index (χ2v) is 9.94. The highest BCUT2D eigenvalue weighted by Gasteiger charge is 2.24. The number of nitrogens with one attached hydrogen (secondary N) is 3. The van der Waals surface area contributed by atoms with Crippen LogP contribution >= 0.6 is 11.8 Å². The Balaban J connectivity index is 1.44. The van der Waals surface area contributed by atoms with Gasteiger partial charge in [0, 0.05) is 22.2 Å². The number of rotatable bonds is 5. The van der Waals surface area contributed by atoms with Gasteiger partial charge in [-0.1, -0.05) is 18.9 Å². The Morgan fingerprint density at radius 1 is 1.21 bits per heavy atom. The summed E-state index contributed by atoms with van der Waals surface area (Å²) in [6.07, 6.45) is 4.44. The van der Waals surface area contributed by atoms with Crippen LogP contribution in [0, 0.1) is 0 Å². The van der Waals surface area contributed by atoms with E-state index < -0.39 is 11.4 Å². The van der Waals surface area contributed by atoms with E-state index in [0.717, 1.165) is 17.7 Å². The van der Waals surface area contributed by atoms with Crippen molar-refractivity contribution >= 4 is 46.3 Å². The number of benzene rings is 2. The van der Waals surface area contributed by atoms with E-state index in [2.05, 4.69) is 15.4 Å². The summed E-state index contributed by atoms with van der Waals surface area (Å²) < 4.78 is 15.7. The van der Waals surface area contributed by atoms with E-state index in [4.69, 9.17) is 0 Å². The average Bonchev–Trinajstić information content (AvgIpc) is 3.21. The molecule has 3 N–H and O–H groups in total. The van der Waals surface area contributed by atoms with Gasteiger partial charge in [-0.2, -0.15) is 0 Å². The van der Waals surface area contributed by atoms with Crippen LogP contribution in [-0.2, 0) is 16.2 Å². The highest BCUT2D eigenvalue weighted by atomic mass is 32.2. The maximum absolute atomic E-state index is 12.7. The van der Waals surface area contributed by atoms with Crippen LogP contribution in [0.5, 0.6) is 0 Å². The van der Waals surface area contributed by atoms with E-state index in [9.17, 15) is 14.1 Å². The third kappa shape index (κ3) is 4.78. The van der Waals surface area contributed by atoms with Crippen molar-refractivity contribution in [2.24, 2.45) is 0 Å². The molecule has 1 saturated carbocycles. The number of anilines is 2. The monoisotopic (exact) mass is 429 g/mol. The second-order valence-electron chi connectivity index (χ2n) is 7.31. The van der Waals surface area contributed by atoms with Gasteiger partial charge in [0.2, 0.25) is 5.91 Å². The SMILES string of the molecule is C[C@H]1Sc2ccc(C(=O)Nc3cccc([S+]([O-])NC4CCCC4)c3)cc2NC1=O. The molecule has 1 aliphatic heterocycles. The fraction of sp³-hybridized carbons (Fsp3) is 0.333. The van der Waals surface area contributed by atoms with Gasteiger partial charge >= 0.3 is 0 Å². The zero-order chi connectivity index (χ0) is 20.4. The summed E-state index contributed by atoms with van der Waals surface area (Å²) in [5.41, 5.74) is 1.69. The summed E-state index contributed by atoms with van der Waals surface area (Å²) in [6.45, 7) is 1.85. The lowest BCUT2D eigenvalue weighted by molar-refractivity contribution is -0.115. The Morgan fingerprint density at radius 2 is 2.00 bits per heavy atom. The summed E-state index contributed by atoms with van der Waals surface area (Å²) in [5.74, 6) is -0.345. The fourth-order valence-electron chi connectivity index (χ4n) is 3.51. The summed E-state index contributed by atoms with van der Waals surface area (Å²) >= 11 is 0.174. The van der Waals surface area contributed by atoms with Gasteiger partial charge in [0.15, 0.2) is 4.90 Å². The molecule has 4 rings (SSSR count). The molecule has 2 aliphatic rings. The maximum atomic E-state index is 12.7. The molecule has 0 saturated heterocycles. The molecule has 1 heterocycles. The Labute approximate surface area is 177 Å². The van der Waals surface area contributed by atoms with Crippen LogP contribution in [0.25, 0.3) is 0 Å². The summed E-state index contributed by atoms with van der Waals surface area (Å²) in [4.78, 5) is 26.2. The lowest BCUT2D eigenvalue weighted by Crippen LogP contribution is -2.32. The predicted molar refractivity (Wildman–Crippen MR) is 117 cm³/mol. The molecule has 1 aliphatic carbocycles. The van der Waals surface area contributed by atoms with E-state index in [0.29, 0.717) is 27.9 Å². The molecule has 2 atom stereocenters. The first-order valence-corrected chi connectivity index (χ1v) is 11.7. The van der Waals surface area contributed by atoms with Crippen molar-refractivity contribution in [3.63, 3.8) is 0 Å². The fourth-order valence-corrected chi connectivity index (χ4v) is 5.55. The van der Waals surface area contributed by atoms with Crippen molar-refractivity contribution in [3.05, 3.63) is 48.0 Å². The molecule has 2 aromatic carbocycles. The Bertz CT molecular complexity index is 931. The van der Waals surface area contributed by atoms with Crippen LogP contribution in [0.4, 0.5) is 11.4 Å². The number of hydrogen-bond acceptors (Lipinski definition) is 5. The van der Waals surface area contributed by atoms with Gasteiger partial charge in [-0.25, -0.2) is 0 Å². The molecule has 8 heteroatoms. The standard InChI is InChI=1S/C21H23N3O3S2/c1-13-20(25)23-18-11-14(9-10-19(18)28-13)21(26)22-16-7-4-8-17(12-16)29(27)24-15-5-2-3-6-15/h4,7-13,15,24H,2-3,5-6H2,1H3,(H,22,26)(H,23,25)/t13-,29?/m1/s1. The molecule has 2 amide bonds. The van der Waals surface area contributed by atoms with Crippen molar-refractivity contribution in [2.45, 2.75) is 53.7 Å². The smallest absolute Gasteiger partial charge is 0.255 e. The quantitative estimate of drug-likeness (QED) is 0.626. The third-order valence-electron chi connectivity index (χ3n) is 5.11. The maximum Gasteiger partial charge on any atom is 0.255 e. The lowest BCUT2D eigenvalue weighted by Gasteiger charge is -2.21. The first kappa shape index (κ1) is 20.3. The van der Waals surface area contributed by atoms with Gasteiger partial charge < -0.3 is 15.2 Å². The Morgan fingerprint density at radius 3 is 2.79 bits per heavy atom. The Hall–Kier alpha value is -2.00. The molecule has 29 heavy (non-hydrogen) atoms. The van der Waals surface area contributed by atoms with Gasteiger partial charge in [-0.05, 0) is 50.1 Å². The zero-order valence-electron chi connectivity index (χ0n) is 16.1. The van der Waals surface area contributed by atoms with E-state index in [1.807, 2.05) is 13.0 Å². The van der Waals surface area contributed by atoms with Crippen LogP contribution in [0.15, 0.2) is 52.3 Å². The number of carbonyl (C=O) groups is 2. The zero-order valence-corrected chi connectivity index (χ0v) is 17.7. The lowest BCUT2D eigenvalue weighted by atomic mass is 10.1. The first-order valence-electron chi connectivity index (χ1n) is 9.70.